The molecule has 0 N–H and O–H groups in total. The third kappa shape index (κ3) is 4.10. The van der Waals surface area contributed by atoms with Crippen molar-refractivity contribution < 1.29 is 14.2 Å². The normalized spacial score (nSPS) is 15.1. The van der Waals surface area contributed by atoms with Gasteiger partial charge in [-0.3, -0.25) is 4.98 Å². The van der Waals surface area contributed by atoms with E-state index in [2.05, 4.69) is 9.97 Å². The van der Waals surface area contributed by atoms with Gasteiger partial charge in [0.2, 0.25) is 5.91 Å². The van der Waals surface area contributed by atoms with Crippen molar-refractivity contribution in [2.75, 3.05) is 32.8 Å². The van der Waals surface area contributed by atoms with E-state index in [1.807, 2.05) is 51.0 Å². The summed E-state index contributed by atoms with van der Waals surface area (Å²) in [4.78, 5) is 10.8. The molecule has 0 aromatic carbocycles. The van der Waals surface area contributed by atoms with Gasteiger partial charge in [-0.2, -0.15) is 0 Å². The molecule has 0 saturated heterocycles. The fraction of sp³-hybridized carbons (Fsp3) is 0.529. The Balaban J connectivity index is 2.27. The summed E-state index contributed by atoms with van der Waals surface area (Å²) in [5, 5.41) is 1.91. The van der Waals surface area contributed by atoms with Gasteiger partial charge < -0.3 is 19.1 Å². The molecule has 0 aliphatic rings. The third-order valence-corrected chi connectivity index (χ3v) is 5.08. The zero-order valence-electron chi connectivity index (χ0n) is 15.1. The van der Waals surface area contributed by atoms with Crippen LogP contribution in [0.5, 0.6) is 0 Å². The maximum Gasteiger partial charge on any atom is 0.249 e. The SMILES string of the molecule is COCC(C)OC(C)(OC)N(C)c1sc(-c2cccnc2)nc1C. The second-order valence-electron chi connectivity index (χ2n) is 5.70. The van der Waals surface area contributed by atoms with Crippen LogP contribution in [0.1, 0.15) is 19.5 Å². The van der Waals surface area contributed by atoms with Crippen LogP contribution in [-0.2, 0) is 14.2 Å². The molecular formula is C17H25N3O3S. The molecule has 2 atom stereocenters. The van der Waals surface area contributed by atoms with Crippen molar-refractivity contribution >= 4 is 16.3 Å². The van der Waals surface area contributed by atoms with Crippen molar-refractivity contribution in [2.24, 2.45) is 0 Å². The number of anilines is 1. The standard InChI is InChI=1S/C17H25N3O3S/c1-12(11-21-5)23-17(3,22-6)20(4)16-13(2)19-15(24-16)14-8-7-9-18-10-14/h7-10,12H,11H2,1-6H3. The maximum absolute atomic E-state index is 6.06. The molecule has 0 fully saturated rings. The van der Waals surface area contributed by atoms with Gasteiger partial charge in [-0.15, -0.1) is 0 Å². The van der Waals surface area contributed by atoms with E-state index in [-0.39, 0.29) is 6.10 Å². The van der Waals surface area contributed by atoms with Crippen molar-refractivity contribution in [1.82, 2.24) is 9.97 Å². The molecule has 2 aromatic rings. The summed E-state index contributed by atoms with van der Waals surface area (Å²) in [5.74, 6) is -0.915. The number of rotatable bonds is 8. The highest BCUT2D eigenvalue weighted by atomic mass is 32.1. The lowest BCUT2D eigenvalue weighted by molar-refractivity contribution is -0.235. The molecule has 0 amide bonds. The van der Waals surface area contributed by atoms with Crippen molar-refractivity contribution in [1.29, 1.82) is 0 Å². The molecule has 7 heteroatoms. The van der Waals surface area contributed by atoms with Gasteiger partial charge in [0.1, 0.15) is 10.0 Å². The van der Waals surface area contributed by atoms with E-state index >= 15 is 0 Å². The van der Waals surface area contributed by atoms with Crippen LogP contribution >= 0.6 is 11.3 Å². The molecule has 132 valence electrons. The molecule has 0 radical (unpaired) electrons. The molecule has 2 aromatic heterocycles. The predicted octanol–water partition coefficient (Wildman–Crippen LogP) is 3.32. The van der Waals surface area contributed by atoms with Gasteiger partial charge in [0.25, 0.3) is 0 Å². The van der Waals surface area contributed by atoms with Crippen molar-refractivity contribution in [3.8, 4) is 10.6 Å². The number of nitrogens with zero attached hydrogens (tertiary/aromatic N) is 3. The van der Waals surface area contributed by atoms with Crippen molar-refractivity contribution in [3.63, 3.8) is 0 Å². The minimum atomic E-state index is -0.915. The number of thiazole rings is 1. The first-order valence-electron chi connectivity index (χ1n) is 7.75. The lowest BCUT2D eigenvalue weighted by Crippen LogP contribution is -2.50. The Labute approximate surface area is 147 Å². The van der Waals surface area contributed by atoms with Crippen LogP contribution in [0.3, 0.4) is 0 Å². The lowest BCUT2D eigenvalue weighted by atomic mass is 10.3. The molecule has 2 heterocycles. The van der Waals surface area contributed by atoms with Gasteiger partial charge in [0, 0.05) is 46.1 Å². The lowest BCUT2D eigenvalue weighted by Gasteiger charge is -2.39. The summed E-state index contributed by atoms with van der Waals surface area (Å²) in [6.45, 7) is 6.32. The first kappa shape index (κ1) is 18.8. The number of methoxy groups -OCH3 is 2. The number of aryl methyl sites for hydroxylation is 1. The molecule has 6 nitrogen and oxygen atoms in total. The fourth-order valence-corrected chi connectivity index (χ4v) is 3.50. The van der Waals surface area contributed by atoms with Gasteiger partial charge in [-0.1, -0.05) is 11.3 Å². The first-order valence-corrected chi connectivity index (χ1v) is 8.56. The second-order valence-corrected chi connectivity index (χ2v) is 6.67. The highest BCUT2D eigenvalue weighted by Crippen LogP contribution is 2.37. The highest BCUT2D eigenvalue weighted by Gasteiger charge is 2.34. The quantitative estimate of drug-likeness (QED) is 0.680. The molecule has 2 rings (SSSR count). The van der Waals surface area contributed by atoms with E-state index in [1.54, 1.807) is 31.8 Å². The van der Waals surface area contributed by atoms with Crippen LogP contribution in [0.2, 0.25) is 0 Å². The summed E-state index contributed by atoms with van der Waals surface area (Å²) in [6, 6.07) is 3.91. The molecule has 0 aliphatic carbocycles. The minimum absolute atomic E-state index is 0.103. The largest absolute Gasteiger partial charge is 0.382 e. The average Bonchev–Trinajstić information content (AvgIpc) is 2.96. The van der Waals surface area contributed by atoms with Gasteiger partial charge >= 0.3 is 0 Å². The van der Waals surface area contributed by atoms with Crippen LogP contribution in [-0.4, -0.2) is 49.9 Å². The molecule has 0 aliphatic heterocycles. The van der Waals surface area contributed by atoms with Crippen LogP contribution in [0.4, 0.5) is 5.00 Å². The zero-order valence-corrected chi connectivity index (χ0v) is 15.9. The topological polar surface area (TPSA) is 56.7 Å². The predicted molar refractivity (Wildman–Crippen MR) is 96.3 cm³/mol. The Morgan fingerprint density at radius 3 is 2.71 bits per heavy atom. The minimum Gasteiger partial charge on any atom is -0.382 e. The van der Waals surface area contributed by atoms with Gasteiger partial charge in [0.15, 0.2) is 0 Å². The van der Waals surface area contributed by atoms with Gasteiger partial charge in [-0.05, 0) is 26.0 Å². The Morgan fingerprint density at radius 1 is 1.38 bits per heavy atom. The molecule has 0 saturated carbocycles. The summed E-state index contributed by atoms with van der Waals surface area (Å²) < 4.78 is 16.9. The fourth-order valence-electron chi connectivity index (χ4n) is 2.40. The molecule has 24 heavy (non-hydrogen) atoms. The van der Waals surface area contributed by atoms with E-state index < -0.39 is 5.91 Å². The zero-order chi connectivity index (χ0) is 17.7. The average molecular weight is 351 g/mol. The molecular weight excluding hydrogens is 326 g/mol. The summed E-state index contributed by atoms with van der Waals surface area (Å²) in [6.07, 6.45) is 3.46. The summed E-state index contributed by atoms with van der Waals surface area (Å²) >= 11 is 1.59. The number of hydrogen-bond donors (Lipinski definition) is 0. The maximum atomic E-state index is 6.06. The monoisotopic (exact) mass is 351 g/mol. The number of ether oxygens (including phenoxy) is 3. The van der Waals surface area contributed by atoms with E-state index in [0.29, 0.717) is 6.61 Å². The van der Waals surface area contributed by atoms with Crippen LogP contribution < -0.4 is 4.90 Å². The highest BCUT2D eigenvalue weighted by molar-refractivity contribution is 7.19. The van der Waals surface area contributed by atoms with E-state index in [1.165, 1.54) is 0 Å². The van der Waals surface area contributed by atoms with E-state index in [0.717, 1.165) is 21.3 Å². The summed E-state index contributed by atoms with van der Waals surface area (Å²) in [5.41, 5.74) is 1.92. The smallest absolute Gasteiger partial charge is 0.249 e. The Hall–Kier alpha value is -1.54. The first-order chi connectivity index (χ1) is 11.4. The molecule has 2 unspecified atom stereocenters. The summed E-state index contributed by atoms with van der Waals surface area (Å²) in [7, 11) is 5.23. The number of hydrogen-bond acceptors (Lipinski definition) is 7. The van der Waals surface area contributed by atoms with E-state index in [4.69, 9.17) is 14.2 Å². The van der Waals surface area contributed by atoms with Crippen molar-refractivity contribution in [2.45, 2.75) is 32.8 Å². The van der Waals surface area contributed by atoms with Gasteiger partial charge in [0.05, 0.1) is 18.4 Å². The van der Waals surface area contributed by atoms with Crippen LogP contribution in [0.25, 0.3) is 10.6 Å². The Kier molecular flexibility index (Phi) is 6.28. The second kappa shape index (κ2) is 8.02. The number of aromatic nitrogens is 2. The van der Waals surface area contributed by atoms with Crippen molar-refractivity contribution in [3.05, 3.63) is 30.2 Å². The van der Waals surface area contributed by atoms with Crippen LogP contribution in [0, 0.1) is 6.92 Å². The molecule has 0 bridgehead atoms. The van der Waals surface area contributed by atoms with Crippen LogP contribution in [0.15, 0.2) is 24.5 Å². The molecule has 0 spiro atoms. The number of pyridine rings is 1. The third-order valence-electron chi connectivity index (χ3n) is 3.79. The Bertz CT molecular complexity index is 650. The van der Waals surface area contributed by atoms with E-state index in [9.17, 15) is 0 Å². The van der Waals surface area contributed by atoms with Gasteiger partial charge in [-0.25, -0.2) is 4.98 Å². The Morgan fingerprint density at radius 2 is 2.12 bits per heavy atom.